The van der Waals surface area contributed by atoms with Gasteiger partial charge in [0.25, 0.3) is 0 Å². The first-order chi connectivity index (χ1) is 10.5. The Bertz CT molecular complexity index is 598. The maximum atomic E-state index is 12.3. The first kappa shape index (κ1) is 16.2. The van der Waals surface area contributed by atoms with E-state index in [4.69, 9.17) is 4.74 Å². The Kier molecular flexibility index (Phi) is 5.32. The molecule has 0 aromatic heterocycles. The number of thioether (sulfide) groups is 1. The Morgan fingerprint density at radius 2 is 2.05 bits per heavy atom. The van der Waals surface area contributed by atoms with E-state index in [-0.39, 0.29) is 11.8 Å². The van der Waals surface area contributed by atoms with Crippen LogP contribution in [0.5, 0.6) is 5.75 Å². The molecule has 0 unspecified atom stereocenters. The summed E-state index contributed by atoms with van der Waals surface area (Å²) in [6.07, 6.45) is 1.93. The highest BCUT2D eigenvalue weighted by Gasteiger charge is 2.32. The molecule has 1 aromatic rings. The summed E-state index contributed by atoms with van der Waals surface area (Å²) in [6.45, 7) is 1.98. The van der Waals surface area contributed by atoms with Gasteiger partial charge in [-0.25, -0.2) is 9.59 Å². The number of urea groups is 1. The van der Waals surface area contributed by atoms with E-state index in [1.54, 1.807) is 30.8 Å². The number of phenolic OH excluding ortho intramolecular Hbond substituents is 1. The third kappa shape index (κ3) is 3.73. The number of nitrogens with one attached hydrogen (secondary N) is 2. The van der Waals surface area contributed by atoms with Gasteiger partial charge in [-0.3, -0.25) is 0 Å². The number of carbonyl (C=O) groups excluding carboxylic acids is 2. The molecule has 0 bridgehead atoms. The molecule has 1 atom stereocenters. The lowest BCUT2D eigenvalue weighted by molar-refractivity contribution is -0.138. The first-order valence-electron chi connectivity index (χ1n) is 6.76. The second-order valence-corrected chi connectivity index (χ2v) is 5.78. The summed E-state index contributed by atoms with van der Waals surface area (Å²) in [7, 11) is 0. The molecule has 2 amide bonds. The Morgan fingerprint density at radius 1 is 1.36 bits per heavy atom. The maximum absolute atomic E-state index is 12.3. The minimum atomic E-state index is -0.601. The molecule has 0 saturated carbocycles. The molecule has 118 valence electrons. The van der Waals surface area contributed by atoms with Crippen molar-refractivity contribution in [3.05, 3.63) is 41.1 Å². The van der Waals surface area contributed by atoms with Crippen molar-refractivity contribution in [1.82, 2.24) is 10.6 Å². The molecule has 0 radical (unpaired) electrons. The summed E-state index contributed by atoms with van der Waals surface area (Å²) in [5.74, 6) is 0.368. The van der Waals surface area contributed by atoms with Gasteiger partial charge in [0.1, 0.15) is 12.4 Å². The Balaban J connectivity index is 2.28. The third-order valence-electron chi connectivity index (χ3n) is 3.24. The number of aromatic hydroxyl groups is 1. The summed E-state index contributed by atoms with van der Waals surface area (Å²) >= 11 is 1.58. The molecule has 1 aliphatic rings. The van der Waals surface area contributed by atoms with Crippen molar-refractivity contribution in [1.29, 1.82) is 0 Å². The SMILES string of the molecule is CSCCOC(=O)C1=C(C)NC(=O)N[C@H]1c1ccc(O)cc1. The minimum Gasteiger partial charge on any atom is -0.508 e. The highest BCUT2D eigenvalue weighted by atomic mass is 32.2. The van der Waals surface area contributed by atoms with Crippen LogP contribution in [0.15, 0.2) is 35.5 Å². The van der Waals surface area contributed by atoms with Crippen molar-refractivity contribution in [2.75, 3.05) is 18.6 Å². The molecule has 1 aliphatic heterocycles. The topological polar surface area (TPSA) is 87.7 Å². The van der Waals surface area contributed by atoms with Gasteiger partial charge < -0.3 is 20.5 Å². The molecule has 1 aromatic carbocycles. The molecule has 2 rings (SSSR count). The molecular formula is C15H18N2O4S. The van der Waals surface area contributed by atoms with Crippen LogP contribution in [0.2, 0.25) is 0 Å². The van der Waals surface area contributed by atoms with E-state index in [1.165, 1.54) is 12.1 Å². The second kappa shape index (κ2) is 7.22. The standard InChI is InChI=1S/C15H18N2O4S/c1-9-12(14(19)21-7-8-22-2)13(17-15(20)16-9)10-3-5-11(18)6-4-10/h3-6,13,18H,7-8H2,1-2H3,(H2,16,17,20)/t13-/m0/s1. The molecule has 0 fully saturated rings. The summed E-state index contributed by atoms with van der Waals surface area (Å²) in [6, 6.07) is 5.36. The number of rotatable bonds is 5. The Labute approximate surface area is 132 Å². The van der Waals surface area contributed by atoms with Gasteiger partial charge in [-0.1, -0.05) is 12.1 Å². The summed E-state index contributed by atoms with van der Waals surface area (Å²) in [4.78, 5) is 24.0. The van der Waals surface area contributed by atoms with Gasteiger partial charge in [0.05, 0.1) is 11.6 Å². The molecule has 0 spiro atoms. The predicted molar refractivity (Wildman–Crippen MR) is 84.6 cm³/mol. The molecule has 0 aliphatic carbocycles. The first-order valence-corrected chi connectivity index (χ1v) is 8.15. The molecule has 7 heteroatoms. The zero-order valence-electron chi connectivity index (χ0n) is 12.4. The summed E-state index contributed by atoms with van der Waals surface area (Å²) in [5.41, 5.74) is 1.53. The number of benzene rings is 1. The van der Waals surface area contributed by atoms with Crippen LogP contribution >= 0.6 is 11.8 Å². The molecule has 1 heterocycles. The number of allylic oxidation sites excluding steroid dienone is 1. The van der Waals surface area contributed by atoms with E-state index < -0.39 is 12.0 Å². The van der Waals surface area contributed by atoms with Crippen molar-refractivity contribution >= 4 is 23.8 Å². The average Bonchev–Trinajstić information content (AvgIpc) is 2.47. The Hall–Kier alpha value is -2.15. The van der Waals surface area contributed by atoms with Gasteiger partial charge in [0.15, 0.2) is 0 Å². The van der Waals surface area contributed by atoms with Crippen LogP contribution in [0.1, 0.15) is 18.5 Å². The van der Waals surface area contributed by atoms with E-state index in [0.29, 0.717) is 29.2 Å². The van der Waals surface area contributed by atoms with E-state index in [1.807, 2.05) is 6.26 Å². The number of ether oxygens (including phenoxy) is 1. The number of phenols is 1. The molecule has 22 heavy (non-hydrogen) atoms. The third-order valence-corrected chi connectivity index (χ3v) is 3.81. The summed E-state index contributed by atoms with van der Waals surface area (Å²) < 4.78 is 5.24. The van der Waals surface area contributed by atoms with Gasteiger partial charge in [-0.2, -0.15) is 11.8 Å². The maximum Gasteiger partial charge on any atom is 0.338 e. The molecule has 0 saturated heterocycles. The predicted octanol–water partition coefficient (Wildman–Crippen LogP) is 1.93. The summed E-state index contributed by atoms with van der Waals surface area (Å²) in [5, 5.41) is 14.7. The number of amides is 2. The highest BCUT2D eigenvalue weighted by Crippen LogP contribution is 2.28. The quantitative estimate of drug-likeness (QED) is 0.569. The zero-order valence-corrected chi connectivity index (χ0v) is 13.2. The number of hydrogen-bond acceptors (Lipinski definition) is 5. The normalized spacial score (nSPS) is 17.7. The number of carbonyl (C=O) groups is 2. The smallest absolute Gasteiger partial charge is 0.338 e. The molecular weight excluding hydrogens is 304 g/mol. The second-order valence-electron chi connectivity index (χ2n) is 4.79. The van der Waals surface area contributed by atoms with Crippen molar-refractivity contribution in [2.24, 2.45) is 0 Å². The van der Waals surface area contributed by atoms with Gasteiger partial charge in [0, 0.05) is 11.4 Å². The van der Waals surface area contributed by atoms with E-state index in [0.717, 1.165) is 0 Å². The van der Waals surface area contributed by atoms with Crippen molar-refractivity contribution in [3.8, 4) is 5.75 Å². The lowest BCUT2D eigenvalue weighted by Crippen LogP contribution is -2.45. The fourth-order valence-electron chi connectivity index (χ4n) is 2.18. The Morgan fingerprint density at radius 3 is 2.68 bits per heavy atom. The van der Waals surface area contributed by atoms with Crippen LogP contribution in [0.4, 0.5) is 4.79 Å². The van der Waals surface area contributed by atoms with Crippen molar-refractivity contribution in [3.63, 3.8) is 0 Å². The van der Waals surface area contributed by atoms with Crippen molar-refractivity contribution < 1.29 is 19.4 Å². The van der Waals surface area contributed by atoms with E-state index in [2.05, 4.69) is 10.6 Å². The lowest BCUT2D eigenvalue weighted by Gasteiger charge is -2.28. The van der Waals surface area contributed by atoms with Crippen molar-refractivity contribution in [2.45, 2.75) is 13.0 Å². The van der Waals surface area contributed by atoms with Crippen LogP contribution in [0.25, 0.3) is 0 Å². The number of hydrogen-bond donors (Lipinski definition) is 3. The van der Waals surface area contributed by atoms with Crippen LogP contribution in [-0.4, -0.2) is 35.7 Å². The average molecular weight is 322 g/mol. The van der Waals surface area contributed by atoms with Gasteiger partial charge in [-0.05, 0) is 30.9 Å². The lowest BCUT2D eigenvalue weighted by atomic mass is 9.95. The van der Waals surface area contributed by atoms with Gasteiger partial charge in [0.2, 0.25) is 0 Å². The fourth-order valence-corrected chi connectivity index (χ4v) is 2.43. The van der Waals surface area contributed by atoms with Crippen LogP contribution < -0.4 is 10.6 Å². The fraction of sp³-hybridized carbons (Fsp3) is 0.333. The monoisotopic (exact) mass is 322 g/mol. The van der Waals surface area contributed by atoms with E-state index >= 15 is 0 Å². The molecule has 3 N–H and O–H groups in total. The van der Waals surface area contributed by atoms with Crippen LogP contribution in [0, 0.1) is 0 Å². The van der Waals surface area contributed by atoms with Crippen LogP contribution in [0.3, 0.4) is 0 Å². The highest BCUT2D eigenvalue weighted by molar-refractivity contribution is 7.98. The van der Waals surface area contributed by atoms with Gasteiger partial charge >= 0.3 is 12.0 Å². The van der Waals surface area contributed by atoms with Gasteiger partial charge in [-0.15, -0.1) is 0 Å². The minimum absolute atomic E-state index is 0.119. The largest absolute Gasteiger partial charge is 0.508 e. The van der Waals surface area contributed by atoms with E-state index in [9.17, 15) is 14.7 Å². The zero-order chi connectivity index (χ0) is 16.1. The molecule has 6 nitrogen and oxygen atoms in total. The number of esters is 1. The van der Waals surface area contributed by atoms with Crippen LogP contribution in [-0.2, 0) is 9.53 Å².